The normalized spacial score (nSPS) is 10.7. The molecule has 0 aliphatic carbocycles. The number of nitrogens with zero attached hydrogens (tertiary/aromatic N) is 3. The first kappa shape index (κ1) is 29.1. The summed E-state index contributed by atoms with van der Waals surface area (Å²) in [5.74, 6) is 1.44. The van der Waals surface area contributed by atoms with Crippen molar-refractivity contribution in [3.05, 3.63) is 105 Å². The summed E-state index contributed by atoms with van der Waals surface area (Å²) in [6.45, 7) is -0.169. The van der Waals surface area contributed by atoms with Gasteiger partial charge < -0.3 is 30.0 Å². The molecule has 3 heterocycles. The Balaban J connectivity index is 1.40. The van der Waals surface area contributed by atoms with Crippen molar-refractivity contribution < 1.29 is 28.9 Å². The zero-order valence-corrected chi connectivity index (χ0v) is 24.4. The van der Waals surface area contributed by atoms with Gasteiger partial charge >= 0.3 is 6.09 Å². The van der Waals surface area contributed by atoms with E-state index in [4.69, 9.17) is 19.3 Å². The molecule has 0 unspecified atom stereocenters. The van der Waals surface area contributed by atoms with Crippen molar-refractivity contribution in [2.75, 3.05) is 19.5 Å². The molecule has 0 spiro atoms. The quantitative estimate of drug-likeness (QED) is 0.192. The summed E-state index contributed by atoms with van der Waals surface area (Å²) < 4.78 is 18.4. The topological polar surface area (TPSA) is 154 Å². The Labute approximate surface area is 253 Å². The summed E-state index contributed by atoms with van der Waals surface area (Å²) >= 11 is 3.38. The smallest absolute Gasteiger partial charge is 0.404 e. The van der Waals surface area contributed by atoms with E-state index in [9.17, 15) is 14.4 Å². The van der Waals surface area contributed by atoms with Crippen molar-refractivity contribution in [2.45, 2.75) is 6.54 Å². The molecule has 5 rings (SSSR count). The molecule has 2 aromatic carbocycles. The molecule has 12 nitrogen and oxygen atoms in total. The van der Waals surface area contributed by atoms with Gasteiger partial charge in [0.05, 0.1) is 38.2 Å². The molecular weight excluding hydrogens is 622 g/mol. The average molecular weight is 646 g/mol. The molecule has 3 aromatic heterocycles. The van der Waals surface area contributed by atoms with Crippen molar-refractivity contribution in [3.8, 4) is 28.7 Å². The Morgan fingerprint density at radius 2 is 1.70 bits per heavy atom. The second-order valence-electron chi connectivity index (χ2n) is 8.96. The van der Waals surface area contributed by atoms with Gasteiger partial charge in [-0.15, -0.1) is 0 Å². The number of hydrogen-bond donors (Lipinski definition) is 3. The number of ether oxygens (including phenoxy) is 3. The molecular formula is C30H24BrN5O7. The predicted molar refractivity (Wildman–Crippen MR) is 162 cm³/mol. The molecule has 0 bridgehead atoms. The second-order valence-corrected chi connectivity index (χ2v) is 9.81. The maximum Gasteiger partial charge on any atom is 0.404 e. The summed E-state index contributed by atoms with van der Waals surface area (Å²) in [6, 6.07) is 18.3. The van der Waals surface area contributed by atoms with Crippen molar-refractivity contribution in [1.82, 2.24) is 19.9 Å². The van der Waals surface area contributed by atoms with E-state index in [2.05, 4.69) is 36.5 Å². The van der Waals surface area contributed by atoms with E-state index in [0.717, 1.165) is 0 Å². The van der Waals surface area contributed by atoms with Crippen molar-refractivity contribution in [3.63, 3.8) is 0 Å². The lowest BCUT2D eigenvalue weighted by Gasteiger charge is -2.17. The van der Waals surface area contributed by atoms with Gasteiger partial charge in [-0.1, -0.05) is 18.2 Å². The fraction of sp³-hybridized carbons (Fsp3) is 0.100. The number of para-hydroxylation sites is 1. The van der Waals surface area contributed by atoms with E-state index in [-0.39, 0.29) is 17.9 Å². The number of pyridine rings is 3. The van der Waals surface area contributed by atoms with Gasteiger partial charge in [-0.2, -0.15) is 0 Å². The molecule has 218 valence electrons. The van der Waals surface area contributed by atoms with Gasteiger partial charge in [0.2, 0.25) is 0 Å². The zero-order chi connectivity index (χ0) is 30.5. The molecule has 0 saturated carbocycles. The van der Waals surface area contributed by atoms with Crippen LogP contribution in [0.25, 0.3) is 16.6 Å². The van der Waals surface area contributed by atoms with Crippen molar-refractivity contribution >= 4 is 44.7 Å². The van der Waals surface area contributed by atoms with Crippen molar-refractivity contribution in [1.29, 1.82) is 0 Å². The SMILES string of the molecule is COc1cc2nccc(Oc3ccc(NC(=O)c4cc(Br)c(CNC(=O)O)n(-c5ccccc5)c4=O)nc3)c2cc1OC. The van der Waals surface area contributed by atoms with Gasteiger partial charge in [0.15, 0.2) is 11.5 Å². The number of carboxylic acid groups (broad SMARTS) is 1. The maximum absolute atomic E-state index is 13.5. The highest BCUT2D eigenvalue weighted by atomic mass is 79.9. The Morgan fingerprint density at radius 3 is 2.37 bits per heavy atom. The second kappa shape index (κ2) is 12.6. The van der Waals surface area contributed by atoms with Gasteiger partial charge in [-0.3, -0.25) is 19.1 Å². The monoisotopic (exact) mass is 645 g/mol. The van der Waals surface area contributed by atoms with Crippen LogP contribution in [0.5, 0.6) is 23.0 Å². The largest absolute Gasteiger partial charge is 0.493 e. The third-order valence-electron chi connectivity index (χ3n) is 6.33. The van der Waals surface area contributed by atoms with E-state index >= 15 is 0 Å². The van der Waals surface area contributed by atoms with E-state index in [1.165, 1.54) is 30.0 Å². The van der Waals surface area contributed by atoms with Gasteiger partial charge in [0.25, 0.3) is 11.5 Å². The Morgan fingerprint density at radius 1 is 0.953 bits per heavy atom. The van der Waals surface area contributed by atoms with Gasteiger partial charge in [0, 0.05) is 27.8 Å². The van der Waals surface area contributed by atoms with Crippen LogP contribution in [-0.2, 0) is 6.54 Å². The Bertz CT molecular complexity index is 1880. The highest BCUT2D eigenvalue weighted by molar-refractivity contribution is 9.10. The van der Waals surface area contributed by atoms with E-state index < -0.39 is 17.6 Å². The highest BCUT2D eigenvalue weighted by Gasteiger charge is 2.21. The van der Waals surface area contributed by atoms with Crippen LogP contribution >= 0.6 is 15.9 Å². The van der Waals surface area contributed by atoms with Crippen LogP contribution in [0.2, 0.25) is 0 Å². The van der Waals surface area contributed by atoms with Crippen LogP contribution in [0, 0.1) is 0 Å². The molecule has 0 fully saturated rings. The predicted octanol–water partition coefficient (Wildman–Crippen LogP) is 5.37. The standard InChI is InChI=1S/C30H24BrN5O7/c1-41-25-13-19-22(14-26(25)42-2)32-11-10-24(19)43-18-8-9-27(33-15-18)35-28(37)20-12-21(31)23(16-34-30(39)40)36(29(20)38)17-6-4-3-5-7-17/h3-15,34H,16H2,1-2H3,(H,39,40)(H,33,35,37). The maximum atomic E-state index is 13.5. The highest BCUT2D eigenvalue weighted by Crippen LogP contribution is 2.36. The number of halogens is 1. The molecule has 0 aliphatic rings. The number of carbonyl (C=O) groups excluding carboxylic acids is 1. The summed E-state index contributed by atoms with van der Waals surface area (Å²) in [4.78, 5) is 46.5. The van der Waals surface area contributed by atoms with Crippen molar-refractivity contribution in [2.24, 2.45) is 0 Å². The van der Waals surface area contributed by atoms with Crippen LogP contribution in [0.3, 0.4) is 0 Å². The number of methoxy groups -OCH3 is 2. The fourth-order valence-electron chi connectivity index (χ4n) is 4.32. The van der Waals surface area contributed by atoms with E-state index in [1.54, 1.807) is 67.9 Å². The summed E-state index contributed by atoms with van der Waals surface area (Å²) in [5, 5.41) is 14.7. The van der Waals surface area contributed by atoms with Gasteiger partial charge in [0.1, 0.15) is 22.9 Å². The average Bonchev–Trinajstić information content (AvgIpc) is 3.01. The summed E-state index contributed by atoms with van der Waals surface area (Å²) in [6.07, 6.45) is 1.78. The zero-order valence-electron chi connectivity index (χ0n) is 22.8. The lowest BCUT2D eigenvalue weighted by molar-refractivity contribution is 0.102. The lowest BCUT2D eigenvalue weighted by atomic mass is 10.2. The molecule has 0 atom stereocenters. The number of nitrogens with one attached hydrogen (secondary N) is 2. The third-order valence-corrected chi connectivity index (χ3v) is 7.02. The molecule has 13 heteroatoms. The third kappa shape index (κ3) is 6.26. The number of benzene rings is 2. The molecule has 0 radical (unpaired) electrons. The lowest BCUT2D eigenvalue weighted by Crippen LogP contribution is -2.33. The molecule has 0 aliphatic heterocycles. The minimum atomic E-state index is -1.25. The first-order chi connectivity index (χ1) is 20.8. The minimum Gasteiger partial charge on any atom is -0.493 e. The molecule has 2 amide bonds. The molecule has 5 aromatic rings. The first-order valence-corrected chi connectivity index (χ1v) is 13.5. The number of fused-ring (bicyclic) bond motifs is 1. The van der Waals surface area contributed by atoms with Crippen LogP contribution in [0.15, 0.2) is 88.4 Å². The molecule has 43 heavy (non-hydrogen) atoms. The first-order valence-electron chi connectivity index (χ1n) is 12.7. The van der Waals surface area contributed by atoms with Crippen LogP contribution in [0.4, 0.5) is 10.6 Å². The summed E-state index contributed by atoms with van der Waals surface area (Å²) in [5.41, 5.74) is 0.623. The van der Waals surface area contributed by atoms with E-state index in [0.29, 0.717) is 49.8 Å². The molecule has 3 N–H and O–H groups in total. The number of aromatic nitrogens is 3. The van der Waals surface area contributed by atoms with E-state index in [1.807, 2.05) is 0 Å². The van der Waals surface area contributed by atoms with Gasteiger partial charge in [-0.25, -0.2) is 9.78 Å². The minimum absolute atomic E-state index is 0.169. The summed E-state index contributed by atoms with van der Waals surface area (Å²) in [7, 11) is 3.08. The Hall–Kier alpha value is -5.43. The number of rotatable bonds is 9. The Kier molecular flexibility index (Phi) is 8.53. The van der Waals surface area contributed by atoms with Crippen LogP contribution in [0.1, 0.15) is 16.1 Å². The van der Waals surface area contributed by atoms with Gasteiger partial charge in [-0.05, 0) is 58.4 Å². The van der Waals surface area contributed by atoms with Crippen LogP contribution < -0.4 is 30.4 Å². The van der Waals surface area contributed by atoms with Crippen LogP contribution in [-0.4, -0.2) is 45.9 Å². The molecule has 0 saturated heterocycles. The number of carbonyl (C=O) groups is 2. The number of amides is 2. The number of anilines is 1. The number of hydrogen-bond acceptors (Lipinski definition) is 8. The fourth-order valence-corrected chi connectivity index (χ4v) is 4.87.